The lowest BCUT2D eigenvalue weighted by Gasteiger charge is -2.42. The highest BCUT2D eigenvalue weighted by Crippen LogP contribution is 2.48. The molecule has 1 saturated carbocycles. The van der Waals surface area contributed by atoms with Crippen LogP contribution in [-0.2, 0) is 18.4 Å². The lowest BCUT2D eigenvalue weighted by atomic mass is 9.62. The lowest BCUT2D eigenvalue weighted by molar-refractivity contribution is 0.283. The summed E-state index contributed by atoms with van der Waals surface area (Å²) in [6.45, 7) is 0.429. The zero-order valence-electron chi connectivity index (χ0n) is 21.7. The van der Waals surface area contributed by atoms with Gasteiger partial charge in [-0.3, -0.25) is 9.36 Å². The molecule has 0 bridgehead atoms. The van der Waals surface area contributed by atoms with E-state index in [1.54, 1.807) is 17.9 Å². The molecule has 2 aliphatic rings. The van der Waals surface area contributed by atoms with E-state index in [0.29, 0.717) is 12.5 Å². The van der Waals surface area contributed by atoms with E-state index in [2.05, 4.69) is 28.7 Å². The first kappa shape index (κ1) is 24.2. The summed E-state index contributed by atoms with van der Waals surface area (Å²) in [4.78, 5) is 19.6. The molecular weight excluding hydrogens is 472 g/mol. The average molecular weight is 505 g/mol. The number of ether oxygens (including phenoxy) is 1. The second-order valence-electron chi connectivity index (χ2n) is 10.4. The third-order valence-electron chi connectivity index (χ3n) is 7.99. The minimum absolute atomic E-state index is 0.0393. The Bertz CT molecular complexity index is 1520. The van der Waals surface area contributed by atoms with Gasteiger partial charge in [0.15, 0.2) is 0 Å². The Hall–Kier alpha value is -4.19. The molecule has 1 N–H and O–H groups in total. The van der Waals surface area contributed by atoms with E-state index in [0.717, 1.165) is 65.8 Å². The van der Waals surface area contributed by atoms with Crippen molar-refractivity contribution in [3.8, 4) is 17.0 Å². The van der Waals surface area contributed by atoms with Gasteiger partial charge < -0.3 is 4.74 Å². The van der Waals surface area contributed by atoms with Crippen LogP contribution < -0.4 is 15.7 Å². The average Bonchev–Trinajstić information content (AvgIpc) is 2.96. The van der Waals surface area contributed by atoms with Gasteiger partial charge in [0, 0.05) is 11.0 Å². The van der Waals surface area contributed by atoms with Crippen LogP contribution in [0.4, 0.5) is 5.95 Å². The topological polar surface area (TPSA) is 68.5 Å². The van der Waals surface area contributed by atoms with Gasteiger partial charge in [-0.1, -0.05) is 73.9 Å². The molecule has 0 saturated heterocycles. The highest BCUT2D eigenvalue weighted by atomic mass is 16.5. The molecule has 0 amide bonds. The van der Waals surface area contributed by atoms with E-state index in [9.17, 15) is 4.79 Å². The van der Waals surface area contributed by atoms with Gasteiger partial charge in [-0.25, -0.2) is 10.4 Å². The number of fused-ring (bicyclic) bond motifs is 4. The molecule has 0 radical (unpaired) electrons. The first-order chi connectivity index (χ1) is 18.7. The second-order valence-corrected chi connectivity index (χ2v) is 10.4. The number of nitrogens with one attached hydrogen (secondary N) is 1. The molecule has 6 rings (SSSR count). The van der Waals surface area contributed by atoms with Gasteiger partial charge in [-0.2, -0.15) is 5.10 Å². The summed E-state index contributed by atoms with van der Waals surface area (Å²) in [7, 11) is 1.65. The Morgan fingerprint density at radius 2 is 1.71 bits per heavy atom. The molecule has 0 aliphatic heterocycles. The predicted molar refractivity (Wildman–Crippen MR) is 152 cm³/mol. The highest BCUT2D eigenvalue weighted by Gasteiger charge is 2.43. The second kappa shape index (κ2) is 10.3. The minimum Gasteiger partial charge on any atom is -0.497 e. The standard InChI is InChI=1S/C32H32N4O2/c1-38-26-16-14-23(15-17-26)21-33-35-31-34-29-27-13-7-6-12-25(27)20-32(18-8-3-9-19-32)28(29)30(37)36(31)22-24-10-4-2-5-11-24/h2,4-7,10-17,21H,3,8-9,18-20,22H2,1H3,(H,34,35). The number of benzene rings is 3. The quantitative estimate of drug-likeness (QED) is 0.252. The molecule has 1 spiro atoms. The molecule has 0 atom stereocenters. The zero-order chi connectivity index (χ0) is 26.0. The van der Waals surface area contributed by atoms with Crippen LogP contribution in [0.25, 0.3) is 11.3 Å². The third kappa shape index (κ3) is 4.51. The van der Waals surface area contributed by atoms with Gasteiger partial charge in [-0.05, 0) is 60.2 Å². The van der Waals surface area contributed by atoms with Crippen LogP contribution >= 0.6 is 0 Å². The van der Waals surface area contributed by atoms with Crippen LogP contribution in [-0.4, -0.2) is 22.9 Å². The smallest absolute Gasteiger partial charge is 0.259 e. The molecule has 1 aromatic heterocycles. The summed E-state index contributed by atoms with van der Waals surface area (Å²) < 4.78 is 7.02. The molecule has 38 heavy (non-hydrogen) atoms. The molecule has 192 valence electrons. The molecule has 1 fully saturated rings. The van der Waals surface area contributed by atoms with Gasteiger partial charge >= 0.3 is 0 Å². The molecule has 6 heteroatoms. The van der Waals surface area contributed by atoms with Crippen molar-refractivity contribution in [1.82, 2.24) is 9.55 Å². The zero-order valence-corrected chi connectivity index (χ0v) is 21.7. The monoisotopic (exact) mass is 504 g/mol. The van der Waals surface area contributed by atoms with E-state index in [-0.39, 0.29) is 11.0 Å². The fourth-order valence-electron chi connectivity index (χ4n) is 6.09. The fourth-order valence-corrected chi connectivity index (χ4v) is 6.09. The molecule has 6 nitrogen and oxygen atoms in total. The summed E-state index contributed by atoms with van der Waals surface area (Å²) in [6, 6.07) is 26.2. The maximum Gasteiger partial charge on any atom is 0.259 e. The number of methoxy groups -OCH3 is 1. The van der Waals surface area contributed by atoms with Gasteiger partial charge in [0.2, 0.25) is 5.95 Å². The van der Waals surface area contributed by atoms with Crippen molar-refractivity contribution in [2.45, 2.75) is 50.5 Å². The van der Waals surface area contributed by atoms with Crippen molar-refractivity contribution in [2.75, 3.05) is 12.5 Å². The lowest BCUT2D eigenvalue weighted by Crippen LogP contribution is -2.43. The Morgan fingerprint density at radius 1 is 0.974 bits per heavy atom. The van der Waals surface area contributed by atoms with Crippen molar-refractivity contribution in [2.24, 2.45) is 5.10 Å². The van der Waals surface area contributed by atoms with Gasteiger partial charge in [-0.15, -0.1) is 0 Å². The predicted octanol–water partition coefficient (Wildman–Crippen LogP) is 6.17. The van der Waals surface area contributed by atoms with E-state index >= 15 is 0 Å². The van der Waals surface area contributed by atoms with Gasteiger partial charge in [0.1, 0.15) is 5.75 Å². The first-order valence-corrected chi connectivity index (χ1v) is 13.4. The van der Waals surface area contributed by atoms with Crippen LogP contribution in [0.3, 0.4) is 0 Å². The van der Waals surface area contributed by atoms with Crippen LogP contribution in [0.1, 0.15) is 54.4 Å². The molecule has 1 heterocycles. The van der Waals surface area contributed by atoms with E-state index in [1.165, 1.54) is 12.0 Å². The van der Waals surface area contributed by atoms with Gasteiger partial charge in [0.25, 0.3) is 5.56 Å². The Kier molecular flexibility index (Phi) is 6.54. The molecule has 2 aliphatic carbocycles. The normalized spacial score (nSPS) is 15.7. The van der Waals surface area contributed by atoms with Crippen molar-refractivity contribution < 1.29 is 4.74 Å². The number of hydrazone groups is 1. The third-order valence-corrected chi connectivity index (χ3v) is 7.99. The number of anilines is 1. The van der Waals surface area contributed by atoms with Crippen molar-refractivity contribution in [3.63, 3.8) is 0 Å². The highest BCUT2D eigenvalue weighted by molar-refractivity contribution is 5.80. The molecular formula is C32H32N4O2. The molecule has 4 aromatic rings. The summed E-state index contributed by atoms with van der Waals surface area (Å²) in [5, 5.41) is 4.48. The fraction of sp³-hybridized carbons (Fsp3) is 0.281. The number of hydrogen-bond acceptors (Lipinski definition) is 5. The molecule has 3 aromatic carbocycles. The van der Waals surface area contributed by atoms with Crippen LogP contribution in [0.2, 0.25) is 0 Å². The summed E-state index contributed by atoms with van der Waals surface area (Å²) >= 11 is 0. The summed E-state index contributed by atoms with van der Waals surface area (Å²) in [5.74, 6) is 1.24. The Labute approximate surface area is 223 Å². The summed E-state index contributed by atoms with van der Waals surface area (Å²) in [6.07, 6.45) is 8.20. The number of nitrogens with zero attached hydrogens (tertiary/aromatic N) is 3. The SMILES string of the molecule is COc1ccc(C=NNc2nc3c(c(=O)n2Cc2ccccc2)C2(CCCCC2)Cc2ccccc2-3)cc1. The molecule has 0 unspecified atom stereocenters. The van der Waals surface area contributed by atoms with Crippen molar-refractivity contribution >= 4 is 12.2 Å². The number of rotatable bonds is 6. The summed E-state index contributed by atoms with van der Waals surface area (Å²) in [5.41, 5.74) is 9.00. The Balaban J connectivity index is 1.48. The first-order valence-electron chi connectivity index (χ1n) is 13.4. The van der Waals surface area contributed by atoms with Crippen molar-refractivity contribution in [1.29, 1.82) is 0 Å². The van der Waals surface area contributed by atoms with E-state index < -0.39 is 0 Å². The largest absolute Gasteiger partial charge is 0.497 e. The van der Waals surface area contributed by atoms with E-state index in [4.69, 9.17) is 9.72 Å². The van der Waals surface area contributed by atoms with Crippen LogP contribution in [0.5, 0.6) is 5.75 Å². The Morgan fingerprint density at radius 3 is 2.47 bits per heavy atom. The van der Waals surface area contributed by atoms with Crippen LogP contribution in [0.15, 0.2) is 88.8 Å². The minimum atomic E-state index is -0.157. The van der Waals surface area contributed by atoms with Crippen LogP contribution in [0, 0.1) is 0 Å². The maximum absolute atomic E-state index is 14.4. The van der Waals surface area contributed by atoms with Gasteiger partial charge in [0.05, 0.1) is 31.1 Å². The number of aromatic nitrogens is 2. The number of hydrogen-bond donors (Lipinski definition) is 1. The van der Waals surface area contributed by atoms with E-state index in [1.807, 2.05) is 60.7 Å². The van der Waals surface area contributed by atoms with Crippen molar-refractivity contribution in [3.05, 3.63) is 111 Å². The maximum atomic E-state index is 14.4.